The minimum atomic E-state index is -0.948. The minimum Gasteiger partial charge on any atom is -0.478 e. The van der Waals surface area contributed by atoms with Crippen LogP contribution in [-0.2, 0) is 14.9 Å². The van der Waals surface area contributed by atoms with Gasteiger partial charge in [0.25, 0.3) is 0 Å². The van der Waals surface area contributed by atoms with Gasteiger partial charge in [0.15, 0.2) is 0 Å². The number of hydrogen-bond acceptors (Lipinski definition) is 4. The van der Waals surface area contributed by atoms with Crippen molar-refractivity contribution in [2.75, 3.05) is 25.1 Å². The first-order valence-corrected chi connectivity index (χ1v) is 8.80. The second-order valence-corrected chi connectivity index (χ2v) is 6.41. The van der Waals surface area contributed by atoms with Crippen LogP contribution in [0, 0.1) is 12.7 Å². The fourth-order valence-electron chi connectivity index (χ4n) is 3.36. The van der Waals surface area contributed by atoms with E-state index >= 15 is 0 Å². The van der Waals surface area contributed by atoms with Gasteiger partial charge in [0.2, 0.25) is 11.8 Å². The van der Waals surface area contributed by atoms with Crippen molar-refractivity contribution >= 4 is 11.6 Å². The Morgan fingerprint density at radius 1 is 1.35 bits per heavy atom. The summed E-state index contributed by atoms with van der Waals surface area (Å²) in [5, 5.41) is 2.91. The van der Waals surface area contributed by atoms with Crippen LogP contribution in [-0.4, -0.2) is 30.7 Å². The predicted molar refractivity (Wildman–Crippen MR) is 96.9 cm³/mol. The molecule has 0 radical (unpaired) electrons. The van der Waals surface area contributed by atoms with Crippen LogP contribution in [0.25, 0.3) is 0 Å². The summed E-state index contributed by atoms with van der Waals surface area (Å²) in [6, 6.07) is 8.27. The van der Waals surface area contributed by atoms with E-state index in [9.17, 15) is 9.18 Å². The molecule has 1 aromatic heterocycles. The second-order valence-electron chi connectivity index (χ2n) is 6.41. The number of carbonyl (C=O) groups is 1. The Balaban J connectivity index is 1.90. The molecule has 1 aromatic carbocycles. The molecule has 0 spiro atoms. The van der Waals surface area contributed by atoms with Gasteiger partial charge in [-0.25, -0.2) is 9.37 Å². The number of anilines is 1. The average Bonchev–Trinajstić information content (AvgIpc) is 2.65. The first kappa shape index (κ1) is 18.3. The smallest absolute Gasteiger partial charge is 0.235 e. The van der Waals surface area contributed by atoms with E-state index in [4.69, 9.17) is 9.47 Å². The maximum atomic E-state index is 14.5. The van der Waals surface area contributed by atoms with E-state index in [1.54, 1.807) is 24.4 Å². The van der Waals surface area contributed by atoms with E-state index in [0.717, 1.165) is 5.56 Å². The Hall–Kier alpha value is -2.47. The van der Waals surface area contributed by atoms with Crippen LogP contribution in [0.2, 0.25) is 0 Å². The highest BCUT2D eigenvalue weighted by Gasteiger charge is 2.43. The zero-order valence-corrected chi connectivity index (χ0v) is 15.0. The molecule has 6 heteroatoms. The number of hydrogen-bond donors (Lipinski definition) is 1. The van der Waals surface area contributed by atoms with Gasteiger partial charge in [0, 0.05) is 24.3 Å². The van der Waals surface area contributed by atoms with E-state index < -0.39 is 5.41 Å². The third-order valence-electron chi connectivity index (χ3n) is 4.74. The monoisotopic (exact) mass is 358 g/mol. The Labute approximate surface area is 152 Å². The van der Waals surface area contributed by atoms with Crippen LogP contribution in [0.3, 0.4) is 0 Å². The largest absolute Gasteiger partial charge is 0.478 e. The Bertz CT molecular complexity index is 788. The molecule has 0 aliphatic carbocycles. The minimum absolute atomic E-state index is 0.240. The van der Waals surface area contributed by atoms with Gasteiger partial charge in [0.1, 0.15) is 5.82 Å². The van der Waals surface area contributed by atoms with Gasteiger partial charge in [-0.1, -0.05) is 18.2 Å². The highest BCUT2D eigenvalue weighted by molar-refractivity contribution is 5.99. The van der Waals surface area contributed by atoms with Crippen molar-refractivity contribution in [3.8, 4) is 5.88 Å². The van der Waals surface area contributed by atoms with Crippen LogP contribution in [0.4, 0.5) is 10.1 Å². The molecule has 1 fully saturated rings. The summed E-state index contributed by atoms with van der Waals surface area (Å²) in [5.74, 6) is -0.0674. The number of ether oxygens (including phenoxy) is 2. The third-order valence-corrected chi connectivity index (χ3v) is 4.74. The second kappa shape index (κ2) is 7.83. The summed E-state index contributed by atoms with van der Waals surface area (Å²) in [7, 11) is 0. The lowest BCUT2D eigenvalue weighted by Gasteiger charge is -2.36. The van der Waals surface area contributed by atoms with Crippen LogP contribution in [0.5, 0.6) is 5.88 Å². The van der Waals surface area contributed by atoms with Crippen molar-refractivity contribution < 1.29 is 18.7 Å². The van der Waals surface area contributed by atoms with E-state index in [1.807, 2.05) is 19.9 Å². The quantitative estimate of drug-likeness (QED) is 0.887. The normalized spacial score (nSPS) is 16.1. The van der Waals surface area contributed by atoms with Gasteiger partial charge in [-0.05, 0) is 38.8 Å². The number of aromatic nitrogens is 1. The molecule has 1 amide bonds. The molecule has 1 aliphatic heterocycles. The van der Waals surface area contributed by atoms with Crippen molar-refractivity contribution in [1.82, 2.24) is 4.98 Å². The highest BCUT2D eigenvalue weighted by Crippen LogP contribution is 2.37. The fraction of sp³-hybridized carbons (Fsp3) is 0.400. The molecule has 1 N–H and O–H groups in total. The lowest BCUT2D eigenvalue weighted by Crippen LogP contribution is -2.45. The maximum absolute atomic E-state index is 14.5. The van der Waals surface area contributed by atoms with E-state index in [0.29, 0.717) is 49.8 Å². The van der Waals surface area contributed by atoms with Crippen molar-refractivity contribution in [2.45, 2.75) is 32.1 Å². The number of benzene rings is 1. The molecule has 138 valence electrons. The Morgan fingerprint density at radius 2 is 2.08 bits per heavy atom. The van der Waals surface area contributed by atoms with Gasteiger partial charge in [-0.2, -0.15) is 0 Å². The van der Waals surface area contributed by atoms with E-state index in [2.05, 4.69) is 10.3 Å². The molecule has 0 saturated carbocycles. The number of aryl methyl sites for hydroxylation is 1. The van der Waals surface area contributed by atoms with Crippen LogP contribution < -0.4 is 10.1 Å². The lowest BCUT2D eigenvalue weighted by atomic mass is 9.73. The average molecular weight is 358 g/mol. The number of nitrogens with one attached hydrogen (secondary N) is 1. The van der Waals surface area contributed by atoms with Crippen molar-refractivity contribution in [3.63, 3.8) is 0 Å². The van der Waals surface area contributed by atoms with Crippen molar-refractivity contribution in [3.05, 3.63) is 53.5 Å². The lowest BCUT2D eigenvalue weighted by molar-refractivity contribution is -0.125. The van der Waals surface area contributed by atoms with Gasteiger partial charge in [0.05, 0.1) is 23.9 Å². The van der Waals surface area contributed by atoms with Crippen LogP contribution in [0.15, 0.2) is 36.5 Å². The molecule has 2 aromatic rings. The summed E-state index contributed by atoms with van der Waals surface area (Å²) >= 11 is 0. The maximum Gasteiger partial charge on any atom is 0.235 e. The van der Waals surface area contributed by atoms with Crippen molar-refractivity contribution in [1.29, 1.82) is 0 Å². The zero-order valence-electron chi connectivity index (χ0n) is 15.0. The van der Waals surface area contributed by atoms with Crippen molar-refractivity contribution in [2.24, 2.45) is 0 Å². The Morgan fingerprint density at radius 3 is 2.73 bits per heavy atom. The number of pyridine rings is 1. The Kier molecular flexibility index (Phi) is 5.52. The molecule has 0 atom stereocenters. The van der Waals surface area contributed by atoms with E-state index in [-0.39, 0.29) is 11.7 Å². The number of nitrogens with zero attached hydrogens (tertiary/aromatic N) is 1. The SMILES string of the molecule is CCOc1ncc(NC(=O)C2(c3ccccc3F)CCOCC2)cc1C. The summed E-state index contributed by atoms with van der Waals surface area (Å²) in [6.45, 7) is 5.12. The topological polar surface area (TPSA) is 60.5 Å². The summed E-state index contributed by atoms with van der Waals surface area (Å²) in [6.07, 6.45) is 2.43. The molecular weight excluding hydrogens is 335 g/mol. The summed E-state index contributed by atoms with van der Waals surface area (Å²) in [4.78, 5) is 17.4. The molecule has 3 rings (SSSR count). The van der Waals surface area contributed by atoms with Crippen LogP contribution in [0.1, 0.15) is 30.9 Å². The molecule has 26 heavy (non-hydrogen) atoms. The molecular formula is C20H23FN2O3. The molecule has 0 unspecified atom stereocenters. The van der Waals surface area contributed by atoms with Gasteiger partial charge < -0.3 is 14.8 Å². The molecule has 2 heterocycles. The first-order chi connectivity index (χ1) is 12.6. The number of carbonyl (C=O) groups excluding carboxylic acids is 1. The fourth-order valence-corrected chi connectivity index (χ4v) is 3.36. The number of halogens is 1. The van der Waals surface area contributed by atoms with E-state index in [1.165, 1.54) is 6.07 Å². The molecule has 0 bridgehead atoms. The standard InChI is InChI=1S/C20H23FN2O3/c1-3-26-18-14(2)12-15(13-22-18)23-19(24)20(8-10-25-11-9-20)16-6-4-5-7-17(16)21/h4-7,12-13H,3,8-11H2,1-2H3,(H,23,24). The summed E-state index contributed by atoms with van der Waals surface area (Å²) in [5.41, 5.74) is 0.863. The van der Waals surface area contributed by atoms with Gasteiger partial charge in [-0.3, -0.25) is 4.79 Å². The third kappa shape index (κ3) is 3.55. The summed E-state index contributed by atoms with van der Waals surface area (Å²) < 4.78 is 25.3. The number of amides is 1. The predicted octanol–water partition coefficient (Wildman–Crippen LogP) is 3.61. The first-order valence-electron chi connectivity index (χ1n) is 8.80. The molecule has 1 saturated heterocycles. The molecule has 5 nitrogen and oxygen atoms in total. The number of rotatable bonds is 5. The zero-order chi connectivity index (χ0) is 18.6. The highest BCUT2D eigenvalue weighted by atomic mass is 19.1. The van der Waals surface area contributed by atoms with Crippen LogP contribution >= 0.6 is 0 Å². The molecule has 1 aliphatic rings. The van der Waals surface area contributed by atoms with Gasteiger partial charge >= 0.3 is 0 Å². The van der Waals surface area contributed by atoms with Gasteiger partial charge in [-0.15, -0.1) is 0 Å².